The number of esters is 1. The lowest BCUT2D eigenvalue weighted by molar-refractivity contribution is 0.0601. The fraction of sp³-hybridized carbons (Fsp3) is 0.182. The summed E-state index contributed by atoms with van der Waals surface area (Å²) in [6.45, 7) is 0. The van der Waals surface area contributed by atoms with Gasteiger partial charge >= 0.3 is 5.97 Å². The number of methoxy groups -OCH3 is 1. The fourth-order valence-corrected chi connectivity index (χ4v) is 1.66. The third-order valence-corrected chi connectivity index (χ3v) is 2.44. The molecule has 2 rings (SSSR count). The van der Waals surface area contributed by atoms with Crippen molar-refractivity contribution >= 4 is 22.6 Å². The third-order valence-electron chi connectivity index (χ3n) is 2.44. The number of nitrogens with zero attached hydrogens (tertiary/aromatic N) is 1. The molecule has 0 amide bonds. The van der Waals surface area contributed by atoms with E-state index in [0.29, 0.717) is 11.3 Å². The van der Waals surface area contributed by atoms with Gasteiger partial charge in [0.1, 0.15) is 0 Å². The molecule has 4 heteroatoms. The lowest BCUT2D eigenvalue weighted by Crippen LogP contribution is -2.00. The molecule has 1 aromatic carbocycles. The molecule has 1 heterocycles. The van der Waals surface area contributed by atoms with Gasteiger partial charge in [-0.25, -0.2) is 4.79 Å². The molecule has 0 saturated carbocycles. The van der Waals surface area contributed by atoms with Gasteiger partial charge in [0.15, 0.2) is 0 Å². The number of nitrogens with two attached hydrogens (primary N) is 1. The maximum Gasteiger partial charge on any atom is 0.337 e. The van der Waals surface area contributed by atoms with Crippen molar-refractivity contribution in [3.8, 4) is 0 Å². The molecule has 0 aliphatic carbocycles. The molecule has 0 bridgehead atoms. The number of rotatable bonds is 1. The highest BCUT2D eigenvalue weighted by atomic mass is 16.5. The Labute approximate surface area is 87.2 Å². The first-order chi connectivity index (χ1) is 7.13. The van der Waals surface area contributed by atoms with Crippen molar-refractivity contribution in [2.24, 2.45) is 7.05 Å². The Morgan fingerprint density at radius 1 is 1.47 bits per heavy atom. The molecule has 0 aliphatic heterocycles. The first-order valence-corrected chi connectivity index (χ1v) is 4.56. The summed E-state index contributed by atoms with van der Waals surface area (Å²) in [5, 5.41) is 0.949. The van der Waals surface area contributed by atoms with Crippen LogP contribution in [0.25, 0.3) is 10.9 Å². The lowest BCUT2D eigenvalue weighted by Gasteiger charge is -2.00. The number of ether oxygens (including phenoxy) is 1. The van der Waals surface area contributed by atoms with Crippen molar-refractivity contribution in [3.63, 3.8) is 0 Å². The Balaban J connectivity index is 2.65. The highest BCUT2D eigenvalue weighted by molar-refractivity contribution is 5.98. The molecule has 0 aliphatic rings. The van der Waals surface area contributed by atoms with Crippen LogP contribution < -0.4 is 5.73 Å². The maximum atomic E-state index is 11.3. The SMILES string of the molecule is COC(=O)c1ccc2c(N)cn(C)c2c1. The predicted octanol–water partition coefficient (Wildman–Crippen LogP) is 1.55. The number of aromatic nitrogens is 1. The van der Waals surface area contributed by atoms with Gasteiger partial charge in [-0.3, -0.25) is 0 Å². The largest absolute Gasteiger partial charge is 0.465 e. The molecule has 78 valence electrons. The monoisotopic (exact) mass is 204 g/mol. The van der Waals surface area contributed by atoms with Gasteiger partial charge in [0.25, 0.3) is 0 Å². The molecule has 0 atom stereocenters. The van der Waals surface area contributed by atoms with Gasteiger partial charge < -0.3 is 15.0 Å². The van der Waals surface area contributed by atoms with E-state index in [-0.39, 0.29) is 5.97 Å². The molecule has 0 unspecified atom stereocenters. The van der Waals surface area contributed by atoms with Gasteiger partial charge in [0, 0.05) is 18.6 Å². The first-order valence-electron chi connectivity index (χ1n) is 4.56. The number of anilines is 1. The van der Waals surface area contributed by atoms with Crippen LogP contribution in [0.4, 0.5) is 5.69 Å². The molecule has 0 saturated heterocycles. The smallest absolute Gasteiger partial charge is 0.337 e. The second kappa shape index (κ2) is 3.31. The minimum Gasteiger partial charge on any atom is -0.465 e. The maximum absolute atomic E-state index is 11.3. The Hall–Kier alpha value is -1.97. The molecule has 4 nitrogen and oxygen atoms in total. The number of benzene rings is 1. The summed E-state index contributed by atoms with van der Waals surface area (Å²) in [5.41, 5.74) is 7.97. The van der Waals surface area contributed by atoms with Crippen molar-refractivity contribution in [2.45, 2.75) is 0 Å². The van der Waals surface area contributed by atoms with Crippen LogP contribution in [0.1, 0.15) is 10.4 Å². The van der Waals surface area contributed by atoms with E-state index in [4.69, 9.17) is 5.73 Å². The van der Waals surface area contributed by atoms with E-state index in [1.165, 1.54) is 7.11 Å². The Kier molecular flexibility index (Phi) is 2.11. The number of aryl methyl sites for hydroxylation is 1. The molecule has 15 heavy (non-hydrogen) atoms. The number of carbonyl (C=O) groups excluding carboxylic acids is 1. The van der Waals surface area contributed by atoms with Gasteiger partial charge in [0.05, 0.1) is 23.9 Å². The molecule has 2 N–H and O–H groups in total. The summed E-state index contributed by atoms with van der Waals surface area (Å²) < 4.78 is 6.54. The summed E-state index contributed by atoms with van der Waals surface area (Å²) in [6.07, 6.45) is 1.83. The summed E-state index contributed by atoms with van der Waals surface area (Å²) in [7, 11) is 3.26. The van der Waals surface area contributed by atoms with E-state index < -0.39 is 0 Å². The Morgan fingerprint density at radius 3 is 2.87 bits per heavy atom. The highest BCUT2D eigenvalue weighted by Gasteiger charge is 2.09. The third kappa shape index (κ3) is 1.44. The van der Waals surface area contributed by atoms with Gasteiger partial charge in [-0.15, -0.1) is 0 Å². The molecular weight excluding hydrogens is 192 g/mol. The van der Waals surface area contributed by atoms with Crippen molar-refractivity contribution in [3.05, 3.63) is 30.0 Å². The summed E-state index contributed by atoms with van der Waals surface area (Å²) in [5.74, 6) is -0.336. The van der Waals surface area contributed by atoms with Crippen LogP contribution in [0.15, 0.2) is 24.4 Å². The van der Waals surface area contributed by atoms with Crippen LogP contribution in [0, 0.1) is 0 Å². The molecule has 0 spiro atoms. The van der Waals surface area contributed by atoms with Crippen LogP contribution in [-0.2, 0) is 11.8 Å². The second-order valence-corrected chi connectivity index (χ2v) is 3.42. The number of hydrogen-bond acceptors (Lipinski definition) is 3. The predicted molar refractivity (Wildman–Crippen MR) is 58.7 cm³/mol. The molecule has 1 aromatic heterocycles. The first kappa shape index (κ1) is 9.58. The molecule has 0 radical (unpaired) electrons. The zero-order valence-electron chi connectivity index (χ0n) is 8.65. The minimum atomic E-state index is -0.336. The number of hydrogen-bond donors (Lipinski definition) is 1. The van der Waals surface area contributed by atoms with E-state index in [2.05, 4.69) is 4.74 Å². The summed E-state index contributed by atoms with van der Waals surface area (Å²) in [6, 6.07) is 5.32. The lowest BCUT2D eigenvalue weighted by atomic mass is 10.1. The number of fused-ring (bicyclic) bond motifs is 1. The summed E-state index contributed by atoms with van der Waals surface area (Å²) >= 11 is 0. The quantitative estimate of drug-likeness (QED) is 0.717. The van der Waals surface area contributed by atoms with Crippen LogP contribution in [0.3, 0.4) is 0 Å². The van der Waals surface area contributed by atoms with E-state index in [1.54, 1.807) is 12.1 Å². The van der Waals surface area contributed by atoms with Crippen molar-refractivity contribution in [1.82, 2.24) is 4.57 Å². The topological polar surface area (TPSA) is 57.2 Å². The zero-order valence-corrected chi connectivity index (χ0v) is 8.65. The van der Waals surface area contributed by atoms with Crippen molar-refractivity contribution in [2.75, 3.05) is 12.8 Å². The zero-order chi connectivity index (χ0) is 11.0. The normalized spacial score (nSPS) is 10.5. The number of nitrogen functional groups attached to an aromatic ring is 1. The van der Waals surface area contributed by atoms with Crippen molar-refractivity contribution in [1.29, 1.82) is 0 Å². The Bertz CT molecular complexity index is 529. The Morgan fingerprint density at radius 2 is 2.20 bits per heavy atom. The second-order valence-electron chi connectivity index (χ2n) is 3.42. The van der Waals surface area contributed by atoms with E-state index in [1.807, 2.05) is 23.9 Å². The van der Waals surface area contributed by atoms with Gasteiger partial charge in [0.2, 0.25) is 0 Å². The number of carbonyl (C=O) groups is 1. The minimum absolute atomic E-state index is 0.336. The van der Waals surface area contributed by atoms with Crippen molar-refractivity contribution < 1.29 is 9.53 Å². The van der Waals surface area contributed by atoms with Gasteiger partial charge in [-0.1, -0.05) is 0 Å². The highest BCUT2D eigenvalue weighted by Crippen LogP contribution is 2.23. The summed E-state index contributed by atoms with van der Waals surface area (Å²) in [4.78, 5) is 11.3. The molecule has 2 aromatic rings. The van der Waals surface area contributed by atoms with Crippen LogP contribution >= 0.6 is 0 Å². The molecular formula is C11H12N2O2. The van der Waals surface area contributed by atoms with Gasteiger partial charge in [-0.2, -0.15) is 0 Å². The van der Waals surface area contributed by atoms with E-state index in [9.17, 15) is 4.79 Å². The van der Waals surface area contributed by atoms with E-state index in [0.717, 1.165) is 10.9 Å². The standard InChI is InChI=1S/C11H12N2O2/c1-13-6-9(12)8-4-3-7(5-10(8)13)11(14)15-2/h3-6H,12H2,1-2H3. The fourth-order valence-electron chi connectivity index (χ4n) is 1.66. The van der Waals surface area contributed by atoms with Crippen LogP contribution in [-0.4, -0.2) is 17.6 Å². The average molecular weight is 204 g/mol. The van der Waals surface area contributed by atoms with E-state index >= 15 is 0 Å². The average Bonchev–Trinajstić information content (AvgIpc) is 2.53. The van der Waals surface area contributed by atoms with Gasteiger partial charge in [-0.05, 0) is 18.2 Å². The molecule has 0 fully saturated rings. The van der Waals surface area contributed by atoms with Crippen LogP contribution in [0.2, 0.25) is 0 Å². The van der Waals surface area contributed by atoms with Crippen LogP contribution in [0.5, 0.6) is 0 Å².